The first-order valence-corrected chi connectivity index (χ1v) is 6.33. The average Bonchev–Trinajstić information content (AvgIpc) is 2.21. The van der Waals surface area contributed by atoms with Gasteiger partial charge in [-0.15, -0.1) is 0 Å². The van der Waals surface area contributed by atoms with Crippen LogP contribution in [0.4, 0.5) is 0 Å². The fourth-order valence-corrected chi connectivity index (χ4v) is 1.46. The number of carbonyl (C=O) groups excluding carboxylic acids is 1. The topological polar surface area (TPSA) is 86.6 Å². The third-order valence-electron chi connectivity index (χ3n) is 1.91. The van der Waals surface area contributed by atoms with Crippen LogP contribution in [0.3, 0.4) is 0 Å². The van der Waals surface area contributed by atoms with Gasteiger partial charge in [0, 0.05) is 34.9 Å². The number of rotatable bonds is 4. The van der Waals surface area contributed by atoms with E-state index in [-0.39, 0.29) is 23.0 Å². The van der Waals surface area contributed by atoms with Crippen molar-refractivity contribution >= 4 is 16.7 Å². The number of hydrogen-bond acceptors (Lipinski definition) is 4. The quantitative estimate of drug-likeness (QED) is 0.660. The summed E-state index contributed by atoms with van der Waals surface area (Å²) in [4.78, 5) is 11.5. The standard InChI is InChI=1S/C10H13NO4S/c1-16(15)5-4-11-10(14)7-2-3-8(12)9(13)6-7/h2-3,6,12-13H,4-5H2,1H3,(H,11,14). The van der Waals surface area contributed by atoms with Crippen LogP contribution in [0.2, 0.25) is 0 Å². The molecule has 0 heterocycles. The van der Waals surface area contributed by atoms with Gasteiger partial charge >= 0.3 is 0 Å². The number of carbonyl (C=O) groups is 1. The van der Waals surface area contributed by atoms with Crippen LogP contribution in [0.1, 0.15) is 10.4 Å². The molecule has 0 aliphatic carbocycles. The minimum absolute atomic E-state index is 0.247. The number of hydrogen-bond donors (Lipinski definition) is 3. The Morgan fingerprint density at radius 3 is 2.62 bits per heavy atom. The van der Waals surface area contributed by atoms with E-state index in [1.165, 1.54) is 18.2 Å². The number of benzene rings is 1. The SMILES string of the molecule is CS(=O)CCNC(=O)c1ccc(O)c(O)c1. The molecule has 16 heavy (non-hydrogen) atoms. The van der Waals surface area contributed by atoms with Gasteiger partial charge < -0.3 is 15.5 Å². The van der Waals surface area contributed by atoms with Crippen LogP contribution in [0, 0.1) is 0 Å². The molecule has 1 unspecified atom stereocenters. The molecule has 3 N–H and O–H groups in total. The van der Waals surface area contributed by atoms with Crippen molar-refractivity contribution in [3.63, 3.8) is 0 Å². The monoisotopic (exact) mass is 243 g/mol. The maximum Gasteiger partial charge on any atom is 0.251 e. The van der Waals surface area contributed by atoms with Gasteiger partial charge in [0.2, 0.25) is 0 Å². The molecule has 0 spiro atoms. The summed E-state index contributed by atoms with van der Waals surface area (Å²) in [6.45, 7) is 0.309. The molecule has 5 nitrogen and oxygen atoms in total. The van der Waals surface area contributed by atoms with Crippen LogP contribution < -0.4 is 5.32 Å². The van der Waals surface area contributed by atoms with Gasteiger partial charge in [0.25, 0.3) is 5.91 Å². The van der Waals surface area contributed by atoms with E-state index in [0.29, 0.717) is 12.3 Å². The zero-order valence-electron chi connectivity index (χ0n) is 8.77. The first-order chi connectivity index (χ1) is 7.50. The molecule has 0 aromatic heterocycles. The highest BCUT2D eigenvalue weighted by Crippen LogP contribution is 2.24. The van der Waals surface area contributed by atoms with Gasteiger partial charge in [-0.3, -0.25) is 9.00 Å². The molecule has 1 aromatic rings. The molecule has 1 aromatic carbocycles. The van der Waals surface area contributed by atoms with Crippen LogP contribution in [0.15, 0.2) is 18.2 Å². The summed E-state index contributed by atoms with van der Waals surface area (Å²) in [6, 6.07) is 3.81. The number of nitrogens with one attached hydrogen (secondary N) is 1. The summed E-state index contributed by atoms with van der Waals surface area (Å²) in [5, 5.41) is 20.8. The zero-order chi connectivity index (χ0) is 12.1. The Balaban J connectivity index is 2.59. The van der Waals surface area contributed by atoms with Crippen molar-refractivity contribution in [1.82, 2.24) is 5.32 Å². The third kappa shape index (κ3) is 3.54. The summed E-state index contributed by atoms with van der Waals surface area (Å²) < 4.78 is 10.7. The molecule has 1 rings (SSSR count). The number of phenolic OH excluding ortho intramolecular Hbond substituents is 2. The molecule has 0 saturated heterocycles. The van der Waals surface area contributed by atoms with Crippen LogP contribution in [0.25, 0.3) is 0 Å². The van der Waals surface area contributed by atoms with Crippen LogP contribution in [0.5, 0.6) is 11.5 Å². The van der Waals surface area contributed by atoms with Crippen molar-refractivity contribution in [3.05, 3.63) is 23.8 Å². The Morgan fingerprint density at radius 1 is 1.38 bits per heavy atom. The van der Waals surface area contributed by atoms with Crippen molar-refractivity contribution < 1.29 is 19.2 Å². The van der Waals surface area contributed by atoms with E-state index >= 15 is 0 Å². The van der Waals surface area contributed by atoms with Crippen molar-refractivity contribution in [2.75, 3.05) is 18.6 Å². The highest BCUT2D eigenvalue weighted by atomic mass is 32.2. The molecule has 0 saturated carbocycles. The Hall–Kier alpha value is -1.56. The minimum Gasteiger partial charge on any atom is -0.504 e. The van der Waals surface area contributed by atoms with Gasteiger partial charge in [-0.25, -0.2) is 0 Å². The van der Waals surface area contributed by atoms with Crippen LogP contribution in [-0.2, 0) is 10.8 Å². The fraction of sp³-hybridized carbons (Fsp3) is 0.300. The van der Waals surface area contributed by atoms with Gasteiger partial charge in [-0.05, 0) is 18.2 Å². The summed E-state index contributed by atoms with van der Waals surface area (Å²) in [5.74, 6) is -0.603. The van der Waals surface area contributed by atoms with Gasteiger partial charge in [0.05, 0.1) is 0 Å². The lowest BCUT2D eigenvalue weighted by Gasteiger charge is -2.05. The molecule has 6 heteroatoms. The van der Waals surface area contributed by atoms with E-state index in [0.717, 1.165) is 0 Å². The smallest absolute Gasteiger partial charge is 0.251 e. The molecular weight excluding hydrogens is 230 g/mol. The minimum atomic E-state index is -0.951. The molecule has 0 fully saturated rings. The summed E-state index contributed by atoms with van der Waals surface area (Å²) in [7, 11) is -0.951. The predicted molar refractivity (Wildman–Crippen MR) is 61.0 cm³/mol. The maximum absolute atomic E-state index is 11.5. The van der Waals surface area contributed by atoms with Crippen molar-refractivity contribution in [2.45, 2.75) is 0 Å². The lowest BCUT2D eigenvalue weighted by molar-refractivity contribution is 0.0955. The molecule has 0 aliphatic heterocycles. The van der Waals surface area contributed by atoms with Crippen molar-refractivity contribution in [2.24, 2.45) is 0 Å². The molecule has 0 aliphatic rings. The van der Waals surface area contributed by atoms with E-state index < -0.39 is 10.8 Å². The normalized spacial score (nSPS) is 12.1. The zero-order valence-corrected chi connectivity index (χ0v) is 9.58. The number of amides is 1. The number of aromatic hydroxyl groups is 2. The molecule has 88 valence electrons. The largest absolute Gasteiger partial charge is 0.504 e. The van der Waals surface area contributed by atoms with Crippen LogP contribution >= 0.6 is 0 Å². The molecule has 1 amide bonds. The Kier molecular flexibility index (Phi) is 4.30. The lowest BCUT2D eigenvalue weighted by atomic mass is 10.2. The molecule has 0 bridgehead atoms. The summed E-state index contributed by atoms with van der Waals surface area (Å²) in [5.41, 5.74) is 0.247. The fourth-order valence-electron chi connectivity index (χ4n) is 1.08. The van der Waals surface area contributed by atoms with Crippen LogP contribution in [-0.4, -0.2) is 38.9 Å². The lowest BCUT2D eigenvalue weighted by Crippen LogP contribution is -2.27. The molecule has 0 radical (unpaired) electrons. The first-order valence-electron chi connectivity index (χ1n) is 4.61. The molecular formula is C10H13NO4S. The van der Waals surface area contributed by atoms with Gasteiger partial charge in [-0.2, -0.15) is 0 Å². The van der Waals surface area contributed by atoms with Crippen molar-refractivity contribution in [1.29, 1.82) is 0 Å². The van der Waals surface area contributed by atoms with Gasteiger partial charge in [0.1, 0.15) is 0 Å². The Morgan fingerprint density at radius 2 is 2.06 bits per heavy atom. The van der Waals surface area contributed by atoms with Gasteiger partial charge in [0.15, 0.2) is 11.5 Å². The van der Waals surface area contributed by atoms with E-state index in [9.17, 15) is 14.1 Å². The van der Waals surface area contributed by atoms with Crippen molar-refractivity contribution in [3.8, 4) is 11.5 Å². The maximum atomic E-state index is 11.5. The Labute approximate surface area is 95.6 Å². The first kappa shape index (κ1) is 12.5. The third-order valence-corrected chi connectivity index (χ3v) is 2.69. The second kappa shape index (κ2) is 5.50. The Bertz CT molecular complexity index is 419. The number of phenols is 2. The van der Waals surface area contributed by atoms with Gasteiger partial charge in [-0.1, -0.05) is 0 Å². The van der Waals surface area contributed by atoms with E-state index in [4.69, 9.17) is 5.11 Å². The highest BCUT2D eigenvalue weighted by molar-refractivity contribution is 7.84. The second-order valence-electron chi connectivity index (χ2n) is 3.24. The van der Waals surface area contributed by atoms with E-state index in [2.05, 4.69) is 5.32 Å². The second-order valence-corrected chi connectivity index (χ2v) is 4.79. The summed E-state index contributed by atoms with van der Waals surface area (Å²) in [6.07, 6.45) is 1.55. The van der Waals surface area contributed by atoms with E-state index in [1.807, 2.05) is 0 Å². The summed E-state index contributed by atoms with van der Waals surface area (Å²) >= 11 is 0. The highest BCUT2D eigenvalue weighted by Gasteiger charge is 2.08. The predicted octanol–water partition coefficient (Wildman–Crippen LogP) is 0.206. The van der Waals surface area contributed by atoms with E-state index in [1.54, 1.807) is 6.26 Å². The average molecular weight is 243 g/mol. The molecule has 1 atom stereocenters.